The Balaban J connectivity index is 1.15. The van der Waals surface area contributed by atoms with Gasteiger partial charge < -0.3 is 8.83 Å². The molecule has 5 heteroatoms. The first-order chi connectivity index (χ1) is 28.2. The highest BCUT2D eigenvalue weighted by molar-refractivity contribution is 6.10. The quantitative estimate of drug-likeness (QED) is 0.180. The van der Waals surface area contributed by atoms with Crippen LogP contribution in [0.1, 0.15) is 29.0 Å². The lowest BCUT2D eigenvalue weighted by Crippen LogP contribution is -2.08. The van der Waals surface area contributed by atoms with Crippen LogP contribution in [0.3, 0.4) is 0 Å². The van der Waals surface area contributed by atoms with Crippen molar-refractivity contribution in [3.8, 4) is 45.3 Å². The van der Waals surface area contributed by atoms with E-state index in [1.165, 1.54) is 38.6 Å². The molecular formula is C52H33N3O2. The van der Waals surface area contributed by atoms with E-state index in [-0.39, 0.29) is 5.92 Å². The molecular weight excluding hydrogens is 699 g/mol. The highest BCUT2D eigenvalue weighted by Gasteiger charge is 2.30. The summed E-state index contributed by atoms with van der Waals surface area (Å²) in [5.41, 5.74) is 12.4. The van der Waals surface area contributed by atoms with Crippen molar-refractivity contribution in [2.24, 2.45) is 0 Å². The number of nitrogens with zero attached hydrogens (tertiary/aromatic N) is 3. The van der Waals surface area contributed by atoms with Gasteiger partial charge in [0, 0.05) is 38.6 Å². The molecule has 8 aromatic carbocycles. The summed E-state index contributed by atoms with van der Waals surface area (Å²) in [5, 5.41) is 6.79. The predicted molar refractivity (Wildman–Crippen MR) is 230 cm³/mol. The Morgan fingerprint density at radius 1 is 0.439 bits per heavy atom. The smallest absolute Gasteiger partial charge is 0.167 e. The molecule has 1 aliphatic carbocycles. The zero-order chi connectivity index (χ0) is 37.5. The Bertz CT molecular complexity index is 3380. The van der Waals surface area contributed by atoms with Crippen LogP contribution in [0, 0.1) is 0 Å². The van der Waals surface area contributed by atoms with Gasteiger partial charge in [-0.15, -0.1) is 0 Å². The van der Waals surface area contributed by atoms with Gasteiger partial charge in [-0.05, 0) is 87.8 Å². The summed E-state index contributed by atoms with van der Waals surface area (Å²) in [4.78, 5) is 15.9. The first-order valence-corrected chi connectivity index (χ1v) is 19.5. The van der Waals surface area contributed by atoms with Crippen molar-refractivity contribution in [3.63, 3.8) is 0 Å². The Hall–Kier alpha value is -7.37. The molecule has 0 amide bonds. The maximum Gasteiger partial charge on any atom is 0.167 e. The highest BCUT2D eigenvalue weighted by Crippen LogP contribution is 2.49. The molecule has 1 atom stereocenters. The molecule has 0 N–H and O–H groups in total. The SMILES string of the molecule is c1ccc(-c2nc(-c3ccc4oc5ccccc5c4c3C3CCc4cc5ccccc5cc4-c4ccccc43)nc(-c3cccc4c3oc3ccccc34)n2)cc1. The second kappa shape index (κ2) is 12.6. The van der Waals surface area contributed by atoms with Crippen LogP contribution in [-0.2, 0) is 6.42 Å². The van der Waals surface area contributed by atoms with Crippen LogP contribution in [0.15, 0.2) is 179 Å². The van der Waals surface area contributed by atoms with Crippen LogP contribution in [-0.4, -0.2) is 15.0 Å². The number of aromatic nitrogens is 3. The summed E-state index contributed by atoms with van der Waals surface area (Å²) in [6.45, 7) is 0. The van der Waals surface area contributed by atoms with Crippen LogP contribution in [0.25, 0.3) is 99.9 Å². The van der Waals surface area contributed by atoms with Gasteiger partial charge >= 0.3 is 0 Å². The van der Waals surface area contributed by atoms with Gasteiger partial charge in [0.1, 0.15) is 22.3 Å². The molecule has 0 bridgehead atoms. The predicted octanol–water partition coefficient (Wildman–Crippen LogP) is 13.6. The van der Waals surface area contributed by atoms with Crippen molar-refractivity contribution < 1.29 is 8.83 Å². The fourth-order valence-electron chi connectivity index (χ4n) is 9.20. The van der Waals surface area contributed by atoms with Crippen LogP contribution in [0.4, 0.5) is 0 Å². The molecule has 0 saturated carbocycles. The minimum Gasteiger partial charge on any atom is -0.456 e. The monoisotopic (exact) mass is 731 g/mol. The van der Waals surface area contributed by atoms with E-state index in [0.717, 1.165) is 73.4 Å². The third-order valence-corrected chi connectivity index (χ3v) is 11.8. The first-order valence-electron chi connectivity index (χ1n) is 19.5. The van der Waals surface area contributed by atoms with Crippen molar-refractivity contribution in [2.45, 2.75) is 18.8 Å². The van der Waals surface area contributed by atoms with Crippen LogP contribution >= 0.6 is 0 Å². The van der Waals surface area contributed by atoms with Gasteiger partial charge in [-0.1, -0.05) is 133 Å². The van der Waals surface area contributed by atoms with Crippen molar-refractivity contribution in [1.82, 2.24) is 15.0 Å². The second-order valence-electron chi connectivity index (χ2n) is 15.0. The number of fused-ring (bicyclic) bond motifs is 10. The lowest BCUT2D eigenvalue weighted by molar-refractivity contribution is 0.667. The zero-order valence-corrected chi connectivity index (χ0v) is 30.8. The van der Waals surface area contributed by atoms with Gasteiger partial charge in [-0.3, -0.25) is 0 Å². The number of aryl methyl sites for hydroxylation is 1. The number of benzene rings is 8. The molecule has 0 fully saturated rings. The molecule has 57 heavy (non-hydrogen) atoms. The van der Waals surface area contributed by atoms with Crippen LogP contribution in [0.2, 0.25) is 0 Å². The molecule has 0 aliphatic heterocycles. The Labute approximate surface area is 327 Å². The minimum absolute atomic E-state index is 0.00983. The molecule has 3 aromatic heterocycles. The summed E-state index contributed by atoms with van der Waals surface area (Å²) >= 11 is 0. The third-order valence-electron chi connectivity index (χ3n) is 11.8. The summed E-state index contributed by atoms with van der Waals surface area (Å²) in [6, 6.07) is 59.5. The minimum atomic E-state index is 0.00983. The second-order valence-corrected chi connectivity index (χ2v) is 15.0. The molecule has 3 heterocycles. The molecule has 0 radical (unpaired) electrons. The lowest BCUT2D eigenvalue weighted by atomic mass is 9.81. The van der Waals surface area contributed by atoms with E-state index in [1.54, 1.807) is 0 Å². The average Bonchev–Trinajstić information content (AvgIpc) is 3.80. The number of para-hydroxylation sites is 3. The number of furan rings is 2. The standard InChI is InChI=1S/C52H33N3O2/c1-2-13-31(14-3-1)50-53-51(55-52(54-50)42-22-12-21-39-37-19-8-10-23-44(37)57-49(39)42)41-27-28-46-48(40-20-9-11-24-45(40)56-46)47(41)38-26-25-34-29-32-15-4-5-16-33(32)30-43(34)36-18-7-6-17-35(36)38/h1-24,27-30,38H,25-26H2. The summed E-state index contributed by atoms with van der Waals surface area (Å²) in [5.74, 6) is 1.79. The highest BCUT2D eigenvalue weighted by atomic mass is 16.3. The van der Waals surface area contributed by atoms with E-state index in [2.05, 4.69) is 127 Å². The molecule has 1 unspecified atom stereocenters. The molecule has 268 valence electrons. The maximum absolute atomic E-state index is 6.61. The van der Waals surface area contributed by atoms with E-state index >= 15 is 0 Å². The Morgan fingerprint density at radius 2 is 1.09 bits per heavy atom. The van der Waals surface area contributed by atoms with Crippen molar-refractivity contribution in [1.29, 1.82) is 0 Å². The Kier molecular flexibility index (Phi) is 7.05. The normalized spacial score (nSPS) is 14.0. The van der Waals surface area contributed by atoms with E-state index in [1.807, 2.05) is 42.5 Å². The summed E-state index contributed by atoms with van der Waals surface area (Å²) in [6.07, 6.45) is 1.81. The summed E-state index contributed by atoms with van der Waals surface area (Å²) < 4.78 is 13.1. The Morgan fingerprint density at radius 3 is 1.95 bits per heavy atom. The van der Waals surface area contributed by atoms with Crippen molar-refractivity contribution in [2.75, 3.05) is 0 Å². The summed E-state index contributed by atoms with van der Waals surface area (Å²) in [7, 11) is 0. The number of hydrogen-bond acceptors (Lipinski definition) is 5. The van der Waals surface area contributed by atoms with E-state index in [4.69, 9.17) is 23.8 Å². The largest absolute Gasteiger partial charge is 0.456 e. The average molecular weight is 732 g/mol. The van der Waals surface area contributed by atoms with Gasteiger partial charge in [-0.2, -0.15) is 0 Å². The van der Waals surface area contributed by atoms with Crippen LogP contribution in [0.5, 0.6) is 0 Å². The van der Waals surface area contributed by atoms with Gasteiger partial charge in [0.2, 0.25) is 0 Å². The third kappa shape index (κ3) is 5.05. The number of rotatable bonds is 4. The number of hydrogen-bond donors (Lipinski definition) is 0. The van der Waals surface area contributed by atoms with E-state index < -0.39 is 0 Å². The van der Waals surface area contributed by atoms with Crippen LogP contribution < -0.4 is 0 Å². The molecule has 0 spiro atoms. The zero-order valence-electron chi connectivity index (χ0n) is 30.8. The van der Waals surface area contributed by atoms with Gasteiger partial charge in [0.15, 0.2) is 17.5 Å². The van der Waals surface area contributed by atoms with E-state index in [0.29, 0.717) is 17.5 Å². The van der Waals surface area contributed by atoms with Gasteiger partial charge in [-0.25, -0.2) is 15.0 Å². The molecule has 1 aliphatic rings. The molecule has 12 rings (SSSR count). The molecule has 11 aromatic rings. The van der Waals surface area contributed by atoms with Crippen molar-refractivity contribution >= 4 is 54.6 Å². The van der Waals surface area contributed by atoms with E-state index in [9.17, 15) is 0 Å². The fourth-order valence-corrected chi connectivity index (χ4v) is 9.20. The maximum atomic E-state index is 6.61. The molecule has 0 saturated heterocycles. The van der Waals surface area contributed by atoms with Crippen molar-refractivity contribution in [3.05, 3.63) is 187 Å². The molecule has 5 nitrogen and oxygen atoms in total. The van der Waals surface area contributed by atoms with Gasteiger partial charge in [0.25, 0.3) is 0 Å². The fraction of sp³-hybridized carbons (Fsp3) is 0.0577. The topological polar surface area (TPSA) is 65.0 Å². The first kappa shape index (κ1) is 31.9. The van der Waals surface area contributed by atoms with Gasteiger partial charge in [0.05, 0.1) is 5.56 Å². The lowest BCUT2D eigenvalue weighted by Gasteiger charge is -2.23.